The van der Waals surface area contributed by atoms with E-state index in [4.69, 9.17) is 4.74 Å². The van der Waals surface area contributed by atoms with Crippen molar-refractivity contribution in [3.63, 3.8) is 0 Å². The average Bonchev–Trinajstić information content (AvgIpc) is 3.07. The normalized spacial score (nSPS) is 15.2. The number of nitrogens with one attached hydrogen (secondary N) is 3. The average molecular weight is 466 g/mol. The Labute approximate surface area is 192 Å². The van der Waals surface area contributed by atoms with Gasteiger partial charge in [0, 0.05) is 24.4 Å². The second-order valence-electron chi connectivity index (χ2n) is 7.29. The van der Waals surface area contributed by atoms with Crippen LogP contribution < -0.4 is 20.1 Å². The maximum absolute atomic E-state index is 12.2. The summed E-state index contributed by atoms with van der Waals surface area (Å²) < 4.78 is 27.8. The first-order chi connectivity index (χ1) is 15.9. The minimum absolute atomic E-state index is 0.176. The molecule has 0 spiro atoms. The van der Waals surface area contributed by atoms with Crippen molar-refractivity contribution in [1.29, 1.82) is 0 Å². The molecular formula is C24H23N3O5S. The molecule has 1 aliphatic rings. The molecule has 0 saturated carbocycles. The Kier molecular flexibility index (Phi) is 6.64. The van der Waals surface area contributed by atoms with Crippen molar-refractivity contribution in [2.75, 3.05) is 11.9 Å². The minimum atomic E-state index is -3.29. The second-order valence-corrected chi connectivity index (χ2v) is 9.04. The molecule has 0 bridgehead atoms. The molecule has 33 heavy (non-hydrogen) atoms. The standard InChI is InChI=1S/C24H23N3O5S/c28-23-16-22(33(30,31)27-23)18-11-9-17(10-12-18)13-14-25-24(29)26-19-5-4-8-21(15-19)32-20-6-2-1-3-7-20/h1-12,15-16,30-31H,13-14H2,(H,27,28)(H2,25,26,29). The third-order valence-electron chi connectivity index (χ3n) is 4.82. The number of amides is 3. The monoisotopic (exact) mass is 465 g/mol. The third-order valence-corrected chi connectivity index (χ3v) is 6.27. The fraction of sp³-hybridized carbons (Fsp3) is 0.0833. The van der Waals surface area contributed by atoms with Crippen LogP contribution in [0.3, 0.4) is 0 Å². The molecule has 8 nitrogen and oxygen atoms in total. The van der Waals surface area contributed by atoms with Crippen LogP contribution in [0.15, 0.2) is 84.9 Å². The van der Waals surface area contributed by atoms with Crippen LogP contribution in [0.4, 0.5) is 10.5 Å². The molecule has 3 amide bonds. The second kappa shape index (κ2) is 9.78. The first-order valence-electron chi connectivity index (χ1n) is 10.2. The maximum Gasteiger partial charge on any atom is 0.319 e. The molecule has 0 unspecified atom stereocenters. The van der Waals surface area contributed by atoms with Gasteiger partial charge >= 0.3 is 6.03 Å². The number of rotatable bonds is 7. The van der Waals surface area contributed by atoms with Gasteiger partial charge in [0.25, 0.3) is 5.91 Å². The van der Waals surface area contributed by atoms with Crippen molar-refractivity contribution in [2.45, 2.75) is 6.42 Å². The minimum Gasteiger partial charge on any atom is -0.457 e. The lowest BCUT2D eigenvalue weighted by Crippen LogP contribution is -2.30. The van der Waals surface area contributed by atoms with Crippen molar-refractivity contribution >= 4 is 33.3 Å². The highest BCUT2D eigenvalue weighted by atomic mass is 32.3. The van der Waals surface area contributed by atoms with Crippen molar-refractivity contribution in [3.05, 3.63) is 96.1 Å². The Morgan fingerprint density at radius 3 is 2.36 bits per heavy atom. The van der Waals surface area contributed by atoms with Crippen molar-refractivity contribution in [2.24, 2.45) is 0 Å². The Bertz CT molecular complexity index is 1180. The molecule has 0 saturated heterocycles. The first-order valence-corrected chi connectivity index (χ1v) is 11.7. The third kappa shape index (κ3) is 5.92. The number of benzene rings is 3. The zero-order valence-corrected chi connectivity index (χ0v) is 18.3. The van der Waals surface area contributed by atoms with Crippen LogP contribution in [0, 0.1) is 0 Å². The Morgan fingerprint density at radius 2 is 1.67 bits per heavy atom. The van der Waals surface area contributed by atoms with Crippen LogP contribution in [-0.2, 0) is 11.2 Å². The molecule has 170 valence electrons. The topological polar surface area (TPSA) is 120 Å². The zero-order chi connectivity index (χ0) is 23.3. The van der Waals surface area contributed by atoms with Crippen LogP contribution in [0.5, 0.6) is 11.5 Å². The summed E-state index contributed by atoms with van der Waals surface area (Å²) in [6.45, 7) is 0.406. The van der Waals surface area contributed by atoms with E-state index in [-0.39, 0.29) is 10.9 Å². The fourth-order valence-electron chi connectivity index (χ4n) is 3.27. The van der Waals surface area contributed by atoms with Crippen molar-refractivity contribution in [1.82, 2.24) is 10.0 Å². The summed E-state index contributed by atoms with van der Waals surface area (Å²) in [7, 11) is -3.29. The molecule has 3 aromatic rings. The van der Waals surface area contributed by atoms with E-state index in [0.717, 1.165) is 5.56 Å². The van der Waals surface area contributed by atoms with E-state index in [1.165, 1.54) is 6.08 Å². The largest absolute Gasteiger partial charge is 0.457 e. The first kappa shape index (κ1) is 22.4. The number of carbonyl (C=O) groups is 2. The summed E-state index contributed by atoms with van der Waals surface area (Å²) in [5.74, 6) is 0.800. The summed E-state index contributed by atoms with van der Waals surface area (Å²) in [5.41, 5.74) is 2.12. The Balaban J connectivity index is 1.26. The summed E-state index contributed by atoms with van der Waals surface area (Å²) >= 11 is 0. The van der Waals surface area contributed by atoms with Crippen LogP contribution in [-0.4, -0.2) is 27.6 Å². The van der Waals surface area contributed by atoms with E-state index in [1.54, 1.807) is 30.3 Å². The number of ether oxygens (including phenoxy) is 1. The fourth-order valence-corrected chi connectivity index (χ4v) is 4.45. The summed E-state index contributed by atoms with van der Waals surface area (Å²) in [6, 6.07) is 23.2. The number of carbonyl (C=O) groups excluding carboxylic acids is 2. The molecule has 0 aliphatic carbocycles. The highest BCUT2D eigenvalue weighted by Gasteiger charge is 2.29. The SMILES string of the molecule is O=C1C=C(c2ccc(CCNC(=O)Nc3cccc(Oc4ccccc4)c3)cc2)S(O)(O)N1. The molecule has 0 fully saturated rings. The van der Waals surface area contributed by atoms with E-state index >= 15 is 0 Å². The van der Waals surface area contributed by atoms with Crippen molar-refractivity contribution < 1.29 is 23.4 Å². The molecule has 1 aliphatic heterocycles. The number of para-hydroxylation sites is 1. The predicted molar refractivity (Wildman–Crippen MR) is 129 cm³/mol. The van der Waals surface area contributed by atoms with Crippen LogP contribution in [0.2, 0.25) is 0 Å². The van der Waals surface area contributed by atoms with Gasteiger partial charge < -0.3 is 15.4 Å². The van der Waals surface area contributed by atoms with E-state index in [2.05, 4.69) is 15.4 Å². The van der Waals surface area contributed by atoms with Gasteiger partial charge in [0.05, 0.1) is 4.91 Å². The van der Waals surface area contributed by atoms with Gasteiger partial charge in [0.1, 0.15) is 11.5 Å². The maximum atomic E-state index is 12.2. The van der Waals surface area contributed by atoms with Gasteiger partial charge in [-0.15, -0.1) is 0 Å². The lowest BCUT2D eigenvalue weighted by atomic mass is 10.1. The van der Waals surface area contributed by atoms with Gasteiger partial charge in [-0.25, -0.2) is 9.52 Å². The van der Waals surface area contributed by atoms with E-state index < -0.39 is 16.7 Å². The van der Waals surface area contributed by atoms with Gasteiger partial charge in [-0.2, -0.15) is 0 Å². The van der Waals surface area contributed by atoms with Gasteiger partial charge in [-0.05, 0) is 41.8 Å². The number of urea groups is 1. The molecule has 0 aromatic heterocycles. The predicted octanol–water partition coefficient (Wildman–Crippen LogP) is 4.98. The number of anilines is 1. The Hall–Kier alpha value is -3.79. The molecule has 4 rings (SSSR count). The highest BCUT2D eigenvalue weighted by molar-refractivity contribution is 8.31. The molecular weight excluding hydrogens is 442 g/mol. The summed E-state index contributed by atoms with van der Waals surface area (Å²) in [4.78, 5) is 23.8. The van der Waals surface area contributed by atoms with Crippen LogP contribution in [0.25, 0.3) is 4.91 Å². The molecule has 1 heterocycles. The number of hydrogen-bond donors (Lipinski definition) is 5. The van der Waals surface area contributed by atoms with Gasteiger partial charge in [-0.3, -0.25) is 13.9 Å². The quantitative estimate of drug-likeness (QED) is 0.337. The van der Waals surface area contributed by atoms with Gasteiger partial charge in [-0.1, -0.05) is 59.3 Å². The van der Waals surface area contributed by atoms with Gasteiger partial charge in [0.15, 0.2) is 0 Å². The smallest absolute Gasteiger partial charge is 0.319 e. The summed E-state index contributed by atoms with van der Waals surface area (Å²) in [6.07, 6.45) is 1.77. The van der Waals surface area contributed by atoms with Gasteiger partial charge in [0.2, 0.25) is 0 Å². The summed E-state index contributed by atoms with van der Waals surface area (Å²) in [5, 5.41) is 5.59. The van der Waals surface area contributed by atoms with Crippen LogP contribution >= 0.6 is 10.8 Å². The molecule has 0 radical (unpaired) electrons. The molecule has 0 atom stereocenters. The van der Waals surface area contributed by atoms with Crippen LogP contribution in [0.1, 0.15) is 11.1 Å². The Morgan fingerprint density at radius 1 is 0.939 bits per heavy atom. The lowest BCUT2D eigenvalue weighted by molar-refractivity contribution is -0.114. The molecule has 9 heteroatoms. The van der Waals surface area contributed by atoms with Crippen molar-refractivity contribution in [3.8, 4) is 11.5 Å². The highest BCUT2D eigenvalue weighted by Crippen LogP contribution is 2.52. The molecule has 5 N–H and O–H groups in total. The lowest BCUT2D eigenvalue weighted by Gasteiger charge is -2.29. The van der Waals surface area contributed by atoms with E-state index in [0.29, 0.717) is 35.7 Å². The van der Waals surface area contributed by atoms with E-state index in [9.17, 15) is 18.7 Å². The van der Waals surface area contributed by atoms with E-state index in [1.807, 2.05) is 48.5 Å². The molecule has 3 aromatic carbocycles. The zero-order valence-electron chi connectivity index (χ0n) is 17.5. The number of hydrogen-bond acceptors (Lipinski definition) is 5.